The van der Waals surface area contributed by atoms with Gasteiger partial charge < -0.3 is 15.5 Å². The van der Waals surface area contributed by atoms with Crippen molar-refractivity contribution in [3.63, 3.8) is 0 Å². The second-order valence-electron chi connectivity index (χ2n) is 2.20. The molecule has 0 spiro atoms. The summed E-state index contributed by atoms with van der Waals surface area (Å²) < 4.78 is 0. The molecule has 1 heterocycles. The second-order valence-corrected chi connectivity index (χ2v) is 2.20. The normalized spacial score (nSPS) is 10.4. The van der Waals surface area contributed by atoms with E-state index in [9.17, 15) is 19.2 Å². The minimum atomic E-state index is -1.31. The third kappa shape index (κ3) is 19.5. The van der Waals surface area contributed by atoms with Crippen molar-refractivity contribution in [1.82, 2.24) is 10.6 Å². The van der Waals surface area contributed by atoms with Gasteiger partial charge in [-0.1, -0.05) is 29.7 Å². The Kier molecular flexibility index (Phi) is 24.6. The van der Waals surface area contributed by atoms with E-state index in [1.54, 1.807) is 0 Å². The number of hydrogen-bond donors (Lipinski definition) is 4. The molecule has 18 heavy (non-hydrogen) atoms. The number of nitrogens with one attached hydrogen (secondary N) is 2. The molecule has 0 bridgehead atoms. The van der Waals surface area contributed by atoms with E-state index < -0.39 is 24.4 Å². The molecule has 1 rings (SSSR count). The summed E-state index contributed by atoms with van der Waals surface area (Å²) in [7, 11) is 0. The molecule has 0 aromatic rings. The second kappa shape index (κ2) is 14.9. The van der Waals surface area contributed by atoms with Gasteiger partial charge in [0.15, 0.2) is 0 Å². The molecule has 0 aromatic heterocycles. The van der Waals surface area contributed by atoms with Crippen molar-refractivity contribution in [2.75, 3.05) is 6.54 Å². The van der Waals surface area contributed by atoms with E-state index in [1.165, 1.54) is 0 Å². The monoisotopic (exact) mass is 268 g/mol. The molecule has 0 unspecified atom stereocenters. The smallest absolute Gasteiger partial charge is 0.321 e. The Morgan fingerprint density at radius 3 is 1.44 bits per heavy atom. The number of imide groups is 1. The van der Waals surface area contributed by atoms with Crippen LogP contribution in [-0.4, -0.2) is 40.6 Å². The maximum Gasteiger partial charge on any atom is 0.321 e. The average Bonchev–Trinajstić information content (AvgIpc) is 2.32. The quantitative estimate of drug-likeness (QED) is 0.434. The van der Waals surface area contributed by atoms with Crippen LogP contribution in [-0.2, 0) is 14.4 Å². The van der Waals surface area contributed by atoms with E-state index in [2.05, 4.69) is 5.32 Å². The highest BCUT2D eigenvalue weighted by Crippen LogP contribution is 1.74. The van der Waals surface area contributed by atoms with Gasteiger partial charge >= 0.3 is 18.0 Å². The summed E-state index contributed by atoms with van der Waals surface area (Å²) in [6.45, 7) is 0.124. The summed E-state index contributed by atoms with van der Waals surface area (Å²) in [5.41, 5.74) is 0. The Morgan fingerprint density at radius 1 is 1.00 bits per heavy atom. The molecule has 1 fully saturated rings. The van der Waals surface area contributed by atoms with Crippen LogP contribution in [0.2, 0.25) is 0 Å². The largest absolute Gasteiger partial charge is 0.481 e. The molecule has 0 aromatic carbocycles. The van der Waals surface area contributed by atoms with Crippen molar-refractivity contribution in [3.05, 3.63) is 0 Å². The van der Waals surface area contributed by atoms with Gasteiger partial charge in [-0.3, -0.25) is 19.7 Å². The summed E-state index contributed by atoms with van der Waals surface area (Å²) in [4.78, 5) is 38.9. The zero-order valence-electron chi connectivity index (χ0n) is 6.94. The Hall–Kier alpha value is -2.12. The van der Waals surface area contributed by atoms with E-state index >= 15 is 0 Å². The van der Waals surface area contributed by atoms with Gasteiger partial charge in [0.25, 0.3) is 0 Å². The molecule has 0 radical (unpaired) electrons. The predicted molar refractivity (Wildman–Crippen MR) is 68.4 cm³/mol. The van der Waals surface area contributed by atoms with Crippen molar-refractivity contribution in [2.24, 2.45) is 0 Å². The van der Waals surface area contributed by atoms with Crippen molar-refractivity contribution in [2.45, 2.75) is 36.1 Å². The van der Waals surface area contributed by atoms with Crippen LogP contribution < -0.4 is 10.6 Å². The van der Waals surface area contributed by atoms with Crippen molar-refractivity contribution >= 4 is 23.9 Å². The SMILES string of the molecule is C.C.C.C.O=C(O)CC(=O)O.O=C1CNC(=O)N1. The highest BCUT2D eigenvalue weighted by molar-refractivity contribution is 6.01. The van der Waals surface area contributed by atoms with Gasteiger partial charge in [-0.2, -0.15) is 0 Å². The zero-order chi connectivity index (χ0) is 11.1. The molecule has 0 atom stereocenters. The summed E-state index contributed by atoms with van der Waals surface area (Å²) in [6, 6.07) is -0.398. The number of aliphatic carboxylic acids is 2. The highest BCUT2D eigenvalue weighted by Gasteiger charge is 2.14. The van der Waals surface area contributed by atoms with Crippen molar-refractivity contribution in [3.8, 4) is 0 Å². The van der Waals surface area contributed by atoms with Crippen LogP contribution in [0.15, 0.2) is 0 Å². The summed E-state index contributed by atoms with van der Waals surface area (Å²) in [6.07, 6.45) is -0.806. The average molecular weight is 268 g/mol. The van der Waals surface area contributed by atoms with Crippen LogP contribution >= 0.6 is 0 Å². The fraction of sp³-hybridized carbons (Fsp3) is 0.600. The molecule has 1 aliphatic heterocycles. The molecule has 1 saturated heterocycles. The summed E-state index contributed by atoms with van der Waals surface area (Å²) in [5.74, 6) is -2.88. The van der Waals surface area contributed by atoms with E-state index in [0.717, 1.165) is 0 Å². The predicted octanol–water partition coefficient (Wildman–Crippen LogP) is 0.916. The van der Waals surface area contributed by atoms with Gasteiger partial charge in [0.2, 0.25) is 5.91 Å². The number of carboxylic acids is 2. The molecule has 0 saturated carbocycles. The van der Waals surface area contributed by atoms with Crippen LogP contribution in [0.25, 0.3) is 0 Å². The van der Waals surface area contributed by atoms with Gasteiger partial charge in [0.05, 0.1) is 6.54 Å². The Bertz CT molecular complexity index is 252. The molecule has 3 amide bonds. The first-order valence-electron chi connectivity index (χ1n) is 3.43. The van der Waals surface area contributed by atoms with Gasteiger partial charge in [-0.05, 0) is 0 Å². The number of carbonyl (C=O) groups is 4. The molecule has 0 aliphatic carbocycles. The van der Waals surface area contributed by atoms with Gasteiger partial charge in [-0.25, -0.2) is 4.79 Å². The van der Waals surface area contributed by atoms with Crippen LogP contribution in [0, 0.1) is 0 Å². The molecule has 8 nitrogen and oxygen atoms in total. The fourth-order valence-corrected chi connectivity index (χ4v) is 0.505. The maximum atomic E-state index is 10.1. The minimum Gasteiger partial charge on any atom is -0.481 e. The first-order chi connectivity index (χ1) is 6.41. The van der Waals surface area contributed by atoms with Crippen LogP contribution in [0.5, 0.6) is 0 Å². The van der Waals surface area contributed by atoms with Gasteiger partial charge in [-0.15, -0.1) is 0 Å². The number of urea groups is 1. The standard InChI is InChI=1S/C3H4N2O2.C3H4O4.4CH4/c6-2-1-4-3(7)5-2;4-2(5)1-3(6)7;;;;/h1H2,(H2,4,5,6,7);1H2,(H,4,5)(H,6,7);4*1H4. The molecule has 110 valence electrons. The van der Waals surface area contributed by atoms with Gasteiger partial charge in [0, 0.05) is 0 Å². The molecule has 8 heteroatoms. The lowest BCUT2D eigenvalue weighted by Crippen LogP contribution is -2.22. The summed E-state index contributed by atoms with van der Waals surface area (Å²) in [5, 5.41) is 19.7. The molecular weight excluding hydrogens is 244 g/mol. The van der Waals surface area contributed by atoms with E-state index in [4.69, 9.17) is 10.2 Å². The number of amides is 3. The maximum absolute atomic E-state index is 10.1. The zero-order valence-corrected chi connectivity index (χ0v) is 6.94. The lowest BCUT2D eigenvalue weighted by Gasteiger charge is -1.80. The van der Waals surface area contributed by atoms with E-state index in [-0.39, 0.29) is 42.2 Å². The molecular formula is C10H24N2O6. The number of rotatable bonds is 2. The number of hydrogen-bond acceptors (Lipinski definition) is 4. The lowest BCUT2D eigenvalue weighted by atomic mass is 10.5. The third-order valence-corrected chi connectivity index (χ3v) is 0.965. The first kappa shape index (κ1) is 29.7. The fourth-order valence-electron chi connectivity index (χ4n) is 0.505. The van der Waals surface area contributed by atoms with Gasteiger partial charge in [0.1, 0.15) is 6.42 Å². The van der Waals surface area contributed by atoms with Crippen LogP contribution in [0.3, 0.4) is 0 Å². The highest BCUT2D eigenvalue weighted by atomic mass is 16.4. The number of carbonyl (C=O) groups excluding carboxylic acids is 2. The lowest BCUT2D eigenvalue weighted by molar-refractivity contribution is -0.147. The van der Waals surface area contributed by atoms with Crippen LogP contribution in [0.1, 0.15) is 36.1 Å². The Labute approximate surface area is 107 Å². The molecule has 4 N–H and O–H groups in total. The minimum absolute atomic E-state index is 0. The van der Waals surface area contributed by atoms with Crippen molar-refractivity contribution < 1.29 is 29.4 Å². The van der Waals surface area contributed by atoms with E-state index in [1.807, 2.05) is 5.32 Å². The number of carboxylic acid groups (broad SMARTS) is 2. The van der Waals surface area contributed by atoms with Crippen molar-refractivity contribution in [1.29, 1.82) is 0 Å². The summed E-state index contributed by atoms with van der Waals surface area (Å²) >= 11 is 0. The first-order valence-corrected chi connectivity index (χ1v) is 3.43. The molecule has 1 aliphatic rings. The Morgan fingerprint density at radius 2 is 1.39 bits per heavy atom. The van der Waals surface area contributed by atoms with E-state index in [0.29, 0.717) is 0 Å². The van der Waals surface area contributed by atoms with Crippen LogP contribution in [0.4, 0.5) is 4.79 Å². The third-order valence-electron chi connectivity index (χ3n) is 0.965. The Balaban J connectivity index is -0.0000000512. The topological polar surface area (TPSA) is 133 Å².